The number of esters is 1. The number of ether oxygens (including phenoxy) is 4. The molecule has 0 aromatic carbocycles. The second-order valence-corrected chi connectivity index (χ2v) is 7.68. The molecule has 0 aromatic heterocycles. The van der Waals surface area contributed by atoms with E-state index >= 15 is 0 Å². The number of fused-ring (bicyclic) bond motifs is 1. The molecule has 0 amide bonds. The number of carboxylic acids is 1. The second-order valence-electron chi connectivity index (χ2n) is 7.68. The van der Waals surface area contributed by atoms with Crippen molar-refractivity contribution in [2.24, 2.45) is 17.8 Å². The molecule has 3 rings (SSSR count). The van der Waals surface area contributed by atoms with Crippen molar-refractivity contribution in [1.29, 1.82) is 0 Å². The van der Waals surface area contributed by atoms with Crippen LogP contribution in [-0.4, -0.2) is 87.2 Å². The number of carbonyl (C=O) groups excluding carboxylic acids is 1. The lowest BCUT2D eigenvalue weighted by Gasteiger charge is -2.43. The van der Waals surface area contributed by atoms with E-state index in [0.29, 0.717) is 0 Å². The third-order valence-electron chi connectivity index (χ3n) is 5.85. The van der Waals surface area contributed by atoms with Crippen LogP contribution in [0.1, 0.15) is 20.3 Å². The van der Waals surface area contributed by atoms with Crippen LogP contribution in [0, 0.1) is 17.8 Å². The van der Waals surface area contributed by atoms with Crippen LogP contribution in [0.15, 0.2) is 11.8 Å². The van der Waals surface area contributed by atoms with Crippen molar-refractivity contribution in [3.63, 3.8) is 0 Å². The van der Waals surface area contributed by atoms with Crippen LogP contribution in [0.25, 0.3) is 0 Å². The molecule has 2 fully saturated rings. The molecular weight excluding hydrogens is 392 g/mol. The van der Waals surface area contributed by atoms with Crippen LogP contribution in [0.5, 0.6) is 0 Å². The van der Waals surface area contributed by atoms with Crippen molar-refractivity contribution in [1.82, 2.24) is 0 Å². The van der Waals surface area contributed by atoms with Crippen molar-refractivity contribution in [3.8, 4) is 0 Å². The fourth-order valence-electron chi connectivity index (χ4n) is 4.18. The first-order chi connectivity index (χ1) is 13.6. The fraction of sp³-hybridized carbons (Fsp3) is 0.778. The molecule has 10 atom stereocenters. The van der Waals surface area contributed by atoms with Crippen LogP contribution < -0.4 is 0 Å². The average molecular weight is 418 g/mol. The summed E-state index contributed by atoms with van der Waals surface area (Å²) in [4.78, 5) is 22.5. The molecule has 1 saturated heterocycles. The Kier molecular flexibility index (Phi) is 6.46. The van der Waals surface area contributed by atoms with E-state index in [1.165, 1.54) is 6.92 Å². The molecule has 1 saturated carbocycles. The first-order valence-electron chi connectivity index (χ1n) is 9.37. The summed E-state index contributed by atoms with van der Waals surface area (Å²) in [5, 5.41) is 50.0. The van der Waals surface area contributed by atoms with Crippen LogP contribution >= 0.6 is 0 Å². The lowest BCUT2D eigenvalue weighted by Crippen LogP contribution is -2.60. The number of aliphatic hydroxyl groups excluding tert-OH is 4. The van der Waals surface area contributed by atoms with E-state index in [1.54, 1.807) is 6.92 Å². The third-order valence-corrected chi connectivity index (χ3v) is 5.85. The molecule has 0 aromatic rings. The Labute approximate surface area is 166 Å². The van der Waals surface area contributed by atoms with E-state index in [2.05, 4.69) is 0 Å². The first-order valence-corrected chi connectivity index (χ1v) is 9.37. The van der Waals surface area contributed by atoms with Crippen molar-refractivity contribution >= 4 is 11.9 Å². The van der Waals surface area contributed by atoms with Gasteiger partial charge in [0, 0.05) is 18.8 Å². The Morgan fingerprint density at radius 2 is 1.83 bits per heavy atom. The minimum Gasteiger partial charge on any atom is -0.478 e. The van der Waals surface area contributed by atoms with E-state index in [1.807, 2.05) is 0 Å². The van der Waals surface area contributed by atoms with Gasteiger partial charge in [0.15, 0.2) is 6.29 Å². The molecule has 11 heteroatoms. The van der Waals surface area contributed by atoms with Crippen molar-refractivity contribution < 1.29 is 54.1 Å². The third kappa shape index (κ3) is 4.25. The number of hydrogen-bond donors (Lipinski definition) is 5. The molecule has 3 aliphatic rings. The zero-order chi connectivity index (χ0) is 21.5. The van der Waals surface area contributed by atoms with Gasteiger partial charge in [-0.25, -0.2) is 4.79 Å². The number of carboxylic acid groups (broad SMARTS) is 1. The highest BCUT2D eigenvalue weighted by molar-refractivity contribution is 5.87. The van der Waals surface area contributed by atoms with Gasteiger partial charge in [-0.3, -0.25) is 4.79 Å². The molecule has 2 aliphatic heterocycles. The van der Waals surface area contributed by atoms with Gasteiger partial charge >= 0.3 is 11.9 Å². The summed E-state index contributed by atoms with van der Waals surface area (Å²) in [6.07, 6.45) is -7.93. The molecule has 0 bridgehead atoms. The molecular formula is C18H26O11. The van der Waals surface area contributed by atoms with E-state index < -0.39 is 66.9 Å². The highest BCUT2D eigenvalue weighted by atomic mass is 16.8. The monoisotopic (exact) mass is 418 g/mol. The quantitative estimate of drug-likeness (QED) is 0.323. The maximum atomic E-state index is 11.5. The summed E-state index contributed by atoms with van der Waals surface area (Å²) in [5.74, 6) is -3.19. The Bertz CT molecular complexity index is 664. The Hall–Kier alpha value is -1.76. The standard InChI is InChI=1S/C18H26O11/c1-6-10(20)3-8-9(16(24)25)4-27-17(12(6)8)29-18-15(23)14(22)13(21)11(28-18)5-26-7(2)19/h4,6,8,10-15,17-18,20-23H,3,5H2,1-2H3,(H,24,25). The van der Waals surface area contributed by atoms with Crippen LogP contribution in [-0.2, 0) is 28.5 Å². The minimum absolute atomic E-state index is 0.0200. The van der Waals surface area contributed by atoms with Crippen molar-refractivity contribution in [2.45, 2.75) is 63.4 Å². The van der Waals surface area contributed by atoms with Gasteiger partial charge in [-0.2, -0.15) is 0 Å². The van der Waals surface area contributed by atoms with Gasteiger partial charge in [0.1, 0.15) is 31.0 Å². The molecule has 10 unspecified atom stereocenters. The maximum absolute atomic E-state index is 11.5. The summed E-state index contributed by atoms with van der Waals surface area (Å²) in [6, 6.07) is 0. The summed E-state index contributed by atoms with van der Waals surface area (Å²) in [7, 11) is 0. The van der Waals surface area contributed by atoms with E-state index in [4.69, 9.17) is 18.9 Å². The number of carbonyl (C=O) groups is 2. The summed E-state index contributed by atoms with van der Waals surface area (Å²) >= 11 is 0. The predicted molar refractivity (Wildman–Crippen MR) is 91.8 cm³/mol. The lowest BCUT2D eigenvalue weighted by atomic mass is 9.83. The fourth-order valence-corrected chi connectivity index (χ4v) is 4.18. The number of hydrogen-bond acceptors (Lipinski definition) is 10. The van der Waals surface area contributed by atoms with E-state index in [0.717, 1.165) is 6.26 Å². The lowest BCUT2D eigenvalue weighted by molar-refractivity contribution is -0.342. The van der Waals surface area contributed by atoms with Gasteiger partial charge in [-0.1, -0.05) is 6.92 Å². The molecule has 29 heavy (non-hydrogen) atoms. The van der Waals surface area contributed by atoms with E-state index in [9.17, 15) is 35.1 Å². The van der Waals surface area contributed by atoms with Gasteiger partial charge in [0.2, 0.25) is 6.29 Å². The SMILES string of the molecule is CC(=O)OCC1OC(OC2OC=C(C(=O)O)C3CC(O)C(C)C23)C(O)C(O)C1O. The summed E-state index contributed by atoms with van der Waals surface area (Å²) < 4.78 is 21.4. The van der Waals surface area contributed by atoms with Gasteiger partial charge in [-0.05, 0) is 12.3 Å². The van der Waals surface area contributed by atoms with Gasteiger partial charge < -0.3 is 44.5 Å². The maximum Gasteiger partial charge on any atom is 0.334 e. The highest BCUT2D eigenvalue weighted by Gasteiger charge is 2.53. The molecule has 5 N–H and O–H groups in total. The normalized spacial score (nSPS) is 44.4. The van der Waals surface area contributed by atoms with Gasteiger partial charge in [0.05, 0.1) is 17.9 Å². The molecule has 164 valence electrons. The Morgan fingerprint density at radius 3 is 2.45 bits per heavy atom. The molecule has 1 aliphatic carbocycles. The molecule has 0 radical (unpaired) electrons. The van der Waals surface area contributed by atoms with E-state index in [-0.39, 0.29) is 24.5 Å². The smallest absolute Gasteiger partial charge is 0.334 e. The zero-order valence-electron chi connectivity index (χ0n) is 16.0. The summed E-state index contributed by atoms with van der Waals surface area (Å²) in [6.45, 7) is 2.54. The Morgan fingerprint density at radius 1 is 1.14 bits per heavy atom. The van der Waals surface area contributed by atoms with Crippen LogP contribution in [0.2, 0.25) is 0 Å². The Balaban J connectivity index is 1.76. The first kappa shape index (κ1) is 21.9. The number of rotatable bonds is 5. The van der Waals surface area contributed by atoms with Crippen LogP contribution in [0.4, 0.5) is 0 Å². The zero-order valence-corrected chi connectivity index (χ0v) is 16.0. The molecule has 11 nitrogen and oxygen atoms in total. The average Bonchev–Trinajstić information content (AvgIpc) is 2.96. The van der Waals surface area contributed by atoms with Gasteiger partial charge in [0.25, 0.3) is 0 Å². The number of aliphatic hydroxyl groups is 4. The largest absolute Gasteiger partial charge is 0.478 e. The predicted octanol–water partition coefficient (Wildman–Crippen LogP) is -1.67. The van der Waals surface area contributed by atoms with Gasteiger partial charge in [-0.15, -0.1) is 0 Å². The molecule has 2 heterocycles. The minimum atomic E-state index is -1.63. The number of aliphatic carboxylic acids is 1. The van der Waals surface area contributed by atoms with Crippen molar-refractivity contribution in [3.05, 3.63) is 11.8 Å². The summed E-state index contributed by atoms with van der Waals surface area (Å²) in [5.41, 5.74) is 0.0200. The van der Waals surface area contributed by atoms with Crippen molar-refractivity contribution in [2.75, 3.05) is 6.61 Å². The highest BCUT2D eigenvalue weighted by Crippen LogP contribution is 2.47. The second kappa shape index (κ2) is 8.54. The topological polar surface area (TPSA) is 172 Å². The van der Waals surface area contributed by atoms with Crippen LogP contribution in [0.3, 0.4) is 0 Å². The molecule has 0 spiro atoms.